The summed E-state index contributed by atoms with van der Waals surface area (Å²) >= 11 is 0. The molecule has 1 aliphatic rings. The summed E-state index contributed by atoms with van der Waals surface area (Å²) in [6.45, 7) is 1.05. The largest absolute Gasteiger partial charge is 0.481 e. The predicted octanol–water partition coefficient (Wildman–Crippen LogP) is -0.112. The number of amides is 2. The lowest BCUT2D eigenvalue weighted by molar-refractivity contribution is -0.137. The Morgan fingerprint density at radius 3 is 2.62 bits per heavy atom. The quantitative estimate of drug-likeness (QED) is 0.457. The van der Waals surface area contributed by atoms with Crippen LogP contribution in [-0.4, -0.2) is 36.2 Å². The van der Waals surface area contributed by atoms with Crippen molar-refractivity contribution in [1.29, 1.82) is 0 Å². The van der Waals surface area contributed by atoms with E-state index in [2.05, 4.69) is 10.6 Å². The third-order valence-electron chi connectivity index (χ3n) is 2.57. The van der Waals surface area contributed by atoms with Gasteiger partial charge in [0, 0.05) is 12.6 Å². The molecule has 1 aliphatic carbocycles. The fourth-order valence-corrected chi connectivity index (χ4v) is 1.55. The van der Waals surface area contributed by atoms with Crippen molar-refractivity contribution < 1.29 is 14.7 Å². The maximum atomic E-state index is 11.4. The Hall–Kier alpha value is -1.30. The van der Waals surface area contributed by atoms with Gasteiger partial charge in [-0.05, 0) is 31.7 Å². The Kier molecular flexibility index (Phi) is 5.04. The van der Waals surface area contributed by atoms with Gasteiger partial charge in [-0.1, -0.05) is 0 Å². The van der Waals surface area contributed by atoms with Crippen LogP contribution in [0.25, 0.3) is 0 Å². The summed E-state index contributed by atoms with van der Waals surface area (Å²) < 4.78 is 0. The summed E-state index contributed by atoms with van der Waals surface area (Å²) in [4.78, 5) is 22.0. The van der Waals surface area contributed by atoms with Crippen molar-refractivity contribution in [3.05, 3.63) is 0 Å². The molecule has 5 N–H and O–H groups in total. The van der Waals surface area contributed by atoms with E-state index >= 15 is 0 Å². The van der Waals surface area contributed by atoms with Crippen LogP contribution in [0.5, 0.6) is 0 Å². The summed E-state index contributed by atoms with van der Waals surface area (Å²) in [6.07, 6.45) is 2.72. The molecule has 1 fully saturated rings. The van der Waals surface area contributed by atoms with Crippen LogP contribution in [0.4, 0.5) is 4.79 Å². The number of carbonyl (C=O) groups is 2. The molecule has 6 nitrogen and oxygen atoms in total. The molecule has 16 heavy (non-hydrogen) atoms. The number of aliphatic carboxylic acids is 1. The fourth-order valence-electron chi connectivity index (χ4n) is 1.55. The molecule has 0 aliphatic heterocycles. The van der Waals surface area contributed by atoms with Gasteiger partial charge in [0.15, 0.2) is 0 Å². The van der Waals surface area contributed by atoms with Gasteiger partial charge in [0.2, 0.25) is 0 Å². The molecule has 0 aromatic heterocycles. The van der Waals surface area contributed by atoms with Crippen molar-refractivity contribution in [3.8, 4) is 0 Å². The van der Waals surface area contributed by atoms with Crippen molar-refractivity contribution in [2.24, 2.45) is 11.7 Å². The SMILES string of the molecule is NCCCNC(=O)NC(CC(=O)O)C1CC1. The van der Waals surface area contributed by atoms with E-state index in [-0.39, 0.29) is 18.5 Å². The zero-order valence-electron chi connectivity index (χ0n) is 9.24. The molecule has 0 saturated heterocycles. The summed E-state index contributed by atoms with van der Waals surface area (Å²) in [7, 11) is 0. The smallest absolute Gasteiger partial charge is 0.315 e. The molecule has 92 valence electrons. The summed E-state index contributed by atoms with van der Waals surface area (Å²) in [5.41, 5.74) is 5.29. The van der Waals surface area contributed by atoms with Gasteiger partial charge in [-0.3, -0.25) is 4.79 Å². The van der Waals surface area contributed by atoms with Gasteiger partial charge >= 0.3 is 12.0 Å². The van der Waals surface area contributed by atoms with E-state index in [1.807, 2.05) is 0 Å². The van der Waals surface area contributed by atoms with Gasteiger partial charge in [0.05, 0.1) is 6.42 Å². The van der Waals surface area contributed by atoms with Crippen LogP contribution in [-0.2, 0) is 4.79 Å². The minimum Gasteiger partial charge on any atom is -0.481 e. The maximum absolute atomic E-state index is 11.4. The zero-order valence-corrected chi connectivity index (χ0v) is 9.24. The third-order valence-corrected chi connectivity index (χ3v) is 2.57. The number of rotatable bonds is 7. The molecular formula is C10H19N3O3. The molecule has 0 radical (unpaired) electrons. The average molecular weight is 229 g/mol. The van der Waals surface area contributed by atoms with Gasteiger partial charge < -0.3 is 21.5 Å². The first-order valence-electron chi connectivity index (χ1n) is 5.59. The average Bonchev–Trinajstić information content (AvgIpc) is 2.99. The number of hydrogen-bond donors (Lipinski definition) is 4. The van der Waals surface area contributed by atoms with Crippen LogP contribution >= 0.6 is 0 Å². The number of nitrogens with two attached hydrogens (primary N) is 1. The van der Waals surface area contributed by atoms with Gasteiger partial charge in [-0.2, -0.15) is 0 Å². The standard InChI is InChI=1S/C10H19N3O3/c11-4-1-5-12-10(16)13-8(6-9(14)15)7-2-3-7/h7-8H,1-6,11H2,(H,14,15)(H2,12,13,16). The highest BCUT2D eigenvalue weighted by atomic mass is 16.4. The molecule has 2 amide bonds. The Morgan fingerprint density at radius 2 is 2.12 bits per heavy atom. The van der Waals surface area contributed by atoms with Crippen molar-refractivity contribution in [3.63, 3.8) is 0 Å². The second-order valence-electron chi connectivity index (χ2n) is 4.08. The number of hydrogen-bond acceptors (Lipinski definition) is 3. The number of carbonyl (C=O) groups excluding carboxylic acids is 1. The predicted molar refractivity (Wildman–Crippen MR) is 59.0 cm³/mol. The molecule has 0 aromatic rings. The highest BCUT2D eigenvalue weighted by molar-refractivity contribution is 5.75. The highest BCUT2D eigenvalue weighted by Gasteiger charge is 2.33. The minimum absolute atomic E-state index is 0.00498. The maximum Gasteiger partial charge on any atom is 0.315 e. The molecule has 1 atom stereocenters. The molecule has 0 bridgehead atoms. The van der Waals surface area contributed by atoms with Crippen molar-refractivity contribution >= 4 is 12.0 Å². The second-order valence-corrected chi connectivity index (χ2v) is 4.08. The second kappa shape index (κ2) is 6.32. The highest BCUT2D eigenvalue weighted by Crippen LogP contribution is 2.33. The van der Waals surface area contributed by atoms with E-state index in [4.69, 9.17) is 10.8 Å². The van der Waals surface area contributed by atoms with E-state index in [0.717, 1.165) is 19.3 Å². The molecule has 1 unspecified atom stereocenters. The lowest BCUT2D eigenvalue weighted by Crippen LogP contribution is -2.44. The van der Waals surface area contributed by atoms with Gasteiger partial charge in [-0.25, -0.2) is 4.79 Å². The van der Waals surface area contributed by atoms with Crippen LogP contribution in [0.1, 0.15) is 25.7 Å². The Balaban J connectivity index is 2.24. The van der Waals surface area contributed by atoms with E-state index < -0.39 is 5.97 Å². The van der Waals surface area contributed by atoms with Gasteiger partial charge in [0.25, 0.3) is 0 Å². The molecule has 0 heterocycles. The Labute approximate surface area is 94.6 Å². The van der Waals surface area contributed by atoms with Crippen molar-refractivity contribution in [2.75, 3.05) is 13.1 Å². The first-order chi connectivity index (χ1) is 7.63. The number of urea groups is 1. The summed E-state index contributed by atoms with van der Waals surface area (Å²) in [6, 6.07) is -0.540. The monoisotopic (exact) mass is 229 g/mol. The first-order valence-corrected chi connectivity index (χ1v) is 5.59. The van der Waals surface area contributed by atoms with E-state index in [9.17, 15) is 9.59 Å². The minimum atomic E-state index is -0.876. The fraction of sp³-hybridized carbons (Fsp3) is 0.800. The van der Waals surface area contributed by atoms with Crippen LogP contribution in [0.2, 0.25) is 0 Å². The molecule has 6 heteroatoms. The van der Waals surface area contributed by atoms with Crippen LogP contribution in [0.3, 0.4) is 0 Å². The van der Waals surface area contributed by atoms with E-state index in [0.29, 0.717) is 19.0 Å². The zero-order chi connectivity index (χ0) is 12.0. The van der Waals surface area contributed by atoms with E-state index in [1.165, 1.54) is 0 Å². The van der Waals surface area contributed by atoms with Gasteiger partial charge in [-0.15, -0.1) is 0 Å². The normalized spacial score (nSPS) is 16.6. The first kappa shape index (κ1) is 12.8. The van der Waals surface area contributed by atoms with Crippen molar-refractivity contribution in [1.82, 2.24) is 10.6 Å². The van der Waals surface area contributed by atoms with Crippen LogP contribution in [0.15, 0.2) is 0 Å². The topological polar surface area (TPSA) is 104 Å². The van der Waals surface area contributed by atoms with Crippen molar-refractivity contribution in [2.45, 2.75) is 31.7 Å². The molecule has 1 rings (SSSR count). The number of carboxylic acid groups (broad SMARTS) is 1. The summed E-state index contributed by atoms with van der Waals surface area (Å²) in [5, 5.41) is 14.0. The van der Waals surface area contributed by atoms with Gasteiger partial charge in [0.1, 0.15) is 0 Å². The van der Waals surface area contributed by atoms with Crippen LogP contribution in [0, 0.1) is 5.92 Å². The molecule has 1 saturated carbocycles. The number of nitrogens with one attached hydrogen (secondary N) is 2. The lowest BCUT2D eigenvalue weighted by Gasteiger charge is -2.16. The number of carboxylic acids is 1. The third kappa shape index (κ3) is 4.97. The molecular weight excluding hydrogens is 210 g/mol. The van der Waals surface area contributed by atoms with Crippen LogP contribution < -0.4 is 16.4 Å². The Morgan fingerprint density at radius 1 is 1.44 bits per heavy atom. The van der Waals surface area contributed by atoms with E-state index in [1.54, 1.807) is 0 Å². The summed E-state index contributed by atoms with van der Waals surface area (Å²) in [5.74, 6) is -0.546. The lowest BCUT2D eigenvalue weighted by atomic mass is 10.1. The molecule has 0 spiro atoms. The molecule has 0 aromatic carbocycles. The Bertz CT molecular complexity index is 254.